The second-order valence-corrected chi connectivity index (χ2v) is 7.49. The number of hydrogen-bond donors (Lipinski definition) is 0. The van der Waals surface area contributed by atoms with E-state index in [1.165, 1.54) is 32.9 Å². The second kappa shape index (κ2) is 9.28. The predicted molar refractivity (Wildman–Crippen MR) is 118 cm³/mol. The maximum absolute atomic E-state index is 6.03. The highest BCUT2D eigenvalue weighted by atomic mass is 35.5. The van der Waals surface area contributed by atoms with Gasteiger partial charge in [-0.2, -0.15) is 4.57 Å². The van der Waals surface area contributed by atoms with Crippen LogP contribution in [0.2, 0.25) is 0 Å². The number of aryl methyl sites for hydroxylation is 1. The Kier molecular flexibility index (Phi) is 6.76. The maximum atomic E-state index is 6.03. The van der Waals surface area contributed by atoms with Gasteiger partial charge in [0, 0.05) is 17.7 Å². The number of halogens is 1. The highest BCUT2D eigenvalue weighted by molar-refractivity contribution is 6.07. The molecule has 0 amide bonds. The Morgan fingerprint density at radius 1 is 0.759 bits per heavy atom. The van der Waals surface area contributed by atoms with E-state index in [2.05, 4.69) is 98.3 Å². The number of aromatic nitrogens is 1. The monoisotopic (exact) mass is 405 g/mol. The molecule has 0 aliphatic carbocycles. The van der Waals surface area contributed by atoms with Gasteiger partial charge in [-0.1, -0.05) is 63.1 Å². The SMILES string of the molecule is CCC(CC)COc1ccc(-c2c3ccccc3[n+](C)c3ccccc23)cc1.[Cl-]. The van der Waals surface area contributed by atoms with Crippen LogP contribution in [0.25, 0.3) is 32.9 Å². The molecule has 4 rings (SSSR count). The molecule has 29 heavy (non-hydrogen) atoms. The molecule has 0 N–H and O–H groups in total. The van der Waals surface area contributed by atoms with Crippen LogP contribution >= 0.6 is 0 Å². The lowest BCUT2D eigenvalue weighted by Gasteiger charge is -2.14. The third-order valence-electron chi connectivity index (χ3n) is 5.85. The fourth-order valence-electron chi connectivity index (χ4n) is 4.00. The predicted octanol–water partition coefficient (Wildman–Crippen LogP) is 3.30. The Labute approximate surface area is 179 Å². The summed E-state index contributed by atoms with van der Waals surface area (Å²) >= 11 is 0. The summed E-state index contributed by atoms with van der Waals surface area (Å²) in [4.78, 5) is 0. The molecule has 0 saturated carbocycles. The molecule has 1 aromatic heterocycles. The Bertz CT molecular complexity index is 1040. The summed E-state index contributed by atoms with van der Waals surface area (Å²) in [6.07, 6.45) is 2.32. The zero-order valence-electron chi connectivity index (χ0n) is 17.4. The van der Waals surface area contributed by atoms with E-state index < -0.39 is 0 Å². The number of hydrogen-bond acceptors (Lipinski definition) is 1. The Morgan fingerprint density at radius 3 is 1.79 bits per heavy atom. The summed E-state index contributed by atoms with van der Waals surface area (Å²) < 4.78 is 8.31. The van der Waals surface area contributed by atoms with Gasteiger partial charge < -0.3 is 17.1 Å². The summed E-state index contributed by atoms with van der Waals surface area (Å²) in [5, 5.41) is 2.55. The van der Waals surface area contributed by atoms with Gasteiger partial charge in [0.25, 0.3) is 0 Å². The van der Waals surface area contributed by atoms with Crippen LogP contribution in [0.3, 0.4) is 0 Å². The number of fused-ring (bicyclic) bond motifs is 2. The van der Waals surface area contributed by atoms with Crippen LogP contribution in [0.4, 0.5) is 0 Å². The fraction of sp³-hybridized carbons (Fsp3) is 0.269. The van der Waals surface area contributed by atoms with E-state index in [1.807, 2.05) is 0 Å². The van der Waals surface area contributed by atoms with Gasteiger partial charge in [-0.15, -0.1) is 0 Å². The molecule has 0 spiro atoms. The number of benzene rings is 3. The minimum absolute atomic E-state index is 0. The Balaban J connectivity index is 0.00000240. The molecule has 0 aliphatic heterocycles. The lowest BCUT2D eigenvalue weighted by atomic mass is 9.95. The van der Waals surface area contributed by atoms with E-state index in [9.17, 15) is 0 Å². The van der Waals surface area contributed by atoms with Crippen molar-refractivity contribution in [3.05, 3.63) is 72.8 Å². The number of pyridine rings is 1. The molecule has 0 aliphatic rings. The normalized spacial score (nSPS) is 11.0. The molecular formula is C26H28ClNO. The largest absolute Gasteiger partial charge is 1.00 e. The van der Waals surface area contributed by atoms with Crippen LogP contribution in [0.15, 0.2) is 72.8 Å². The number of rotatable bonds is 6. The maximum Gasteiger partial charge on any atom is 0.213 e. The van der Waals surface area contributed by atoms with Gasteiger partial charge in [-0.05, 0) is 35.7 Å². The molecular weight excluding hydrogens is 378 g/mol. The van der Waals surface area contributed by atoms with Gasteiger partial charge in [-0.25, -0.2) is 0 Å². The highest BCUT2D eigenvalue weighted by Crippen LogP contribution is 2.34. The van der Waals surface area contributed by atoms with Crippen molar-refractivity contribution in [2.45, 2.75) is 26.7 Å². The number of ether oxygens (including phenoxy) is 1. The van der Waals surface area contributed by atoms with Gasteiger partial charge >= 0.3 is 0 Å². The first-order chi connectivity index (χ1) is 13.7. The van der Waals surface area contributed by atoms with Crippen molar-refractivity contribution < 1.29 is 21.7 Å². The Morgan fingerprint density at radius 2 is 1.28 bits per heavy atom. The van der Waals surface area contributed by atoms with Crippen LogP contribution < -0.4 is 21.7 Å². The van der Waals surface area contributed by atoms with Crippen molar-refractivity contribution in [3.8, 4) is 16.9 Å². The van der Waals surface area contributed by atoms with Crippen molar-refractivity contribution in [2.24, 2.45) is 13.0 Å². The van der Waals surface area contributed by atoms with Crippen LogP contribution in [-0.2, 0) is 7.05 Å². The first kappa shape index (κ1) is 21.1. The third-order valence-corrected chi connectivity index (χ3v) is 5.85. The van der Waals surface area contributed by atoms with E-state index in [1.54, 1.807) is 0 Å². The zero-order valence-corrected chi connectivity index (χ0v) is 18.1. The number of nitrogens with zero attached hydrogens (tertiary/aromatic N) is 1. The molecule has 4 aromatic rings. The van der Waals surface area contributed by atoms with Gasteiger partial charge in [0.1, 0.15) is 12.8 Å². The summed E-state index contributed by atoms with van der Waals surface area (Å²) in [5.74, 6) is 1.58. The lowest BCUT2D eigenvalue weighted by Crippen LogP contribution is -3.00. The topological polar surface area (TPSA) is 13.1 Å². The van der Waals surface area contributed by atoms with Crippen molar-refractivity contribution in [1.29, 1.82) is 0 Å². The van der Waals surface area contributed by atoms with Gasteiger partial charge in [0.2, 0.25) is 11.0 Å². The first-order valence-corrected chi connectivity index (χ1v) is 10.3. The summed E-state index contributed by atoms with van der Waals surface area (Å²) in [5.41, 5.74) is 4.99. The molecule has 0 unspecified atom stereocenters. The highest BCUT2D eigenvalue weighted by Gasteiger charge is 2.18. The quantitative estimate of drug-likeness (QED) is 0.354. The van der Waals surface area contributed by atoms with Crippen molar-refractivity contribution in [2.75, 3.05) is 6.61 Å². The summed E-state index contributed by atoms with van der Waals surface area (Å²) in [6, 6.07) is 25.9. The molecule has 0 radical (unpaired) electrons. The molecule has 0 saturated heterocycles. The van der Waals surface area contributed by atoms with Crippen LogP contribution in [-0.4, -0.2) is 6.61 Å². The standard InChI is InChI=1S/C26H28NO.ClH/c1-4-19(5-2)18-28-21-16-14-20(15-17-21)26-22-10-6-8-12-24(22)27(3)25-13-9-7-11-23(25)26;/h6-17,19H,4-5,18H2,1-3H3;1H/q+1;/p-1. The average Bonchev–Trinajstić information content (AvgIpc) is 2.76. The minimum Gasteiger partial charge on any atom is -1.00 e. The summed E-state index contributed by atoms with van der Waals surface area (Å²) in [7, 11) is 2.14. The third kappa shape index (κ3) is 4.09. The van der Waals surface area contributed by atoms with Crippen molar-refractivity contribution >= 4 is 21.8 Å². The number of para-hydroxylation sites is 2. The van der Waals surface area contributed by atoms with Crippen molar-refractivity contribution in [3.63, 3.8) is 0 Å². The Hall–Kier alpha value is -2.58. The van der Waals surface area contributed by atoms with E-state index in [-0.39, 0.29) is 12.4 Å². The van der Waals surface area contributed by atoms with E-state index >= 15 is 0 Å². The molecule has 0 atom stereocenters. The summed E-state index contributed by atoms with van der Waals surface area (Å²) in [6.45, 7) is 5.25. The first-order valence-electron chi connectivity index (χ1n) is 10.3. The van der Waals surface area contributed by atoms with Gasteiger partial charge in [0.15, 0.2) is 0 Å². The van der Waals surface area contributed by atoms with E-state index in [0.717, 1.165) is 25.2 Å². The average molecular weight is 406 g/mol. The van der Waals surface area contributed by atoms with Gasteiger partial charge in [-0.3, -0.25) is 0 Å². The zero-order chi connectivity index (χ0) is 19.5. The van der Waals surface area contributed by atoms with Crippen LogP contribution in [0.1, 0.15) is 26.7 Å². The lowest BCUT2D eigenvalue weighted by molar-refractivity contribution is -0.617. The van der Waals surface area contributed by atoms with Gasteiger partial charge in [0.05, 0.1) is 17.4 Å². The van der Waals surface area contributed by atoms with Crippen molar-refractivity contribution in [1.82, 2.24) is 0 Å². The molecule has 3 aromatic carbocycles. The van der Waals surface area contributed by atoms with Crippen LogP contribution in [0.5, 0.6) is 5.75 Å². The van der Waals surface area contributed by atoms with E-state index in [4.69, 9.17) is 4.74 Å². The second-order valence-electron chi connectivity index (χ2n) is 7.49. The molecule has 150 valence electrons. The molecule has 1 heterocycles. The molecule has 0 fully saturated rings. The molecule has 2 nitrogen and oxygen atoms in total. The van der Waals surface area contributed by atoms with Crippen LogP contribution in [0, 0.1) is 5.92 Å². The minimum atomic E-state index is 0. The fourth-order valence-corrected chi connectivity index (χ4v) is 4.00. The van der Waals surface area contributed by atoms with E-state index in [0.29, 0.717) is 5.92 Å². The molecule has 0 bridgehead atoms. The smallest absolute Gasteiger partial charge is 0.213 e. The molecule has 3 heteroatoms.